The van der Waals surface area contributed by atoms with Gasteiger partial charge in [0.25, 0.3) is 5.91 Å². The van der Waals surface area contributed by atoms with Crippen LogP contribution >= 0.6 is 0 Å². The third-order valence-electron chi connectivity index (χ3n) is 5.41. The molecule has 2 aliphatic heterocycles. The van der Waals surface area contributed by atoms with E-state index in [1.165, 1.54) is 13.0 Å². The molecule has 0 unspecified atom stereocenters. The first kappa shape index (κ1) is 19.6. The van der Waals surface area contributed by atoms with Crippen LogP contribution in [-0.4, -0.2) is 52.8 Å². The molecular formula is C19H24F3N3O2. The molecular weight excluding hydrogens is 359 g/mol. The summed E-state index contributed by atoms with van der Waals surface area (Å²) in [6, 6.07) is 2.03. The van der Waals surface area contributed by atoms with E-state index in [9.17, 15) is 22.8 Å². The lowest BCUT2D eigenvalue weighted by molar-refractivity contribution is -0.141. The van der Waals surface area contributed by atoms with Gasteiger partial charge in [-0.15, -0.1) is 0 Å². The van der Waals surface area contributed by atoms with Gasteiger partial charge < -0.3 is 9.80 Å². The Bertz CT molecular complexity index is 707. The first-order chi connectivity index (χ1) is 12.8. The maximum Gasteiger partial charge on any atom is 0.433 e. The average Bonchev–Trinajstić information content (AvgIpc) is 2.67. The number of hydrogen-bond acceptors (Lipinski definition) is 3. The zero-order valence-electron chi connectivity index (χ0n) is 15.4. The quantitative estimate of drug-likeness (QED) is 0.788. The molecule has 0 saturated carbocycles. The number of aromatic nitrogens is 1. The van der Waals surface area contributed by atoms with E-state index in [-0.39, 0.29) is 29.0 Å². The number of likely N-dealkylation sites (tertiary alicyclic amines) is 2. The zero-order valence-corrected chi connectivity index (χ0v) is 15.4. The highest BCUT2D eigenvalue weighted by Gasteiger charge is 2.34. The number of halogens is 3. The van der Waals surface area contributed by atoms with Gasteiger partial charge in [-0.3, -0.25) is 9.59 Å². The molecule has 5 nitrogen and oxygen atoms in total. The SMILES string of the molecule is Cc1nc(C(F)(F)F)ccc1C(=O)N1CCC(C(=O)N2CCCCC2)CC1. The molecule has 0 bridgehead atoms. The van der Waals surface area contributed by atoms with E-state index < -0.39 is 11.9 Å². The largest absolute Gasteiger partial charge is 0.433 e. The normalized spacial score (nSPS) is 19.3. The second-order valence-corrected chi connectivity index (χ2v) is 7.28. The second kappa shape index (κ2) is 7.86. The van der Waals surface area contributed by atoms with Gasteiger partial charge in [-0.2, -0.15) is 13.2 Å². The number of aryl methyl sites for hydroxylation is 1. The number of alkyl halides is 3. The molecule has 148 valence electrons. The van der Waals surface area contributed by atoms with Crippen LogP contribution in [0.4, 0.5) is 13.2 Å². The molecule has 1 aromatic rings. The summed E-state index contributed by atoms with van der Waals surface area (Å²) in [6.45, 7) is 3.91. The number of piperidine rings is 2. The van der Waals surface area contributed by atoms with Crippen molar-refractivity contribution in [2.75, 3.05) is 26.2 Å². The second-order valence-electron chi connectivity index (χ2n) is 7.28. The van der Waals surface area contributed by atoms with Crippen molar-refractivity contribution in [3.63, 3.8) is 0 Å². The Morgan fingerprint density at radius 3 is 2.19 bits per heavy atom. The molecule has 2 aliphatic rings. The van der Waals surface area contributed by atoms with Gasteiger partial charge in [-0.1, -0.05) is 0 Å². The van der Waals surface area contributed by atoms with Crippen molar-refractivity contribution >= 4 is 11.8 Å². The monoisotopic (exact) mass is 383 g/mol. The summed E-state index contributed by atoms with van der Waals surface area (Å²) in [7, 11) is 0. The molecule has 2 saturated heterocycles. The number of carbonyl (C=O) groups is 2. The molecule has 0 radical (unpaired) electrons. The highest BCUT2D eigenvalue weighted by atomic mass is 19.4. The third-order valence-corrected chi connectivity index (χ3v) is 5.41. The van der Waals surface area contributed by atoms with Gasteiger partial charge in [-0.05, 0) is 51.2 Å². The van der Waals surface area contributed by atoms with Crippen LogP contribution < -0.4 is 0 Å². The summed E-state index contributed by atoms with van der Waals surface area (Å²) in [6.07, 6.45) is -0.0916. The fourth-order valence-corrected chi connectivity index (χ4v) is 3.82. The molecule has 27 heavy (non-hydrogen) atoms. The molecule has 1 aromatic heterocycles. The zero-order chi connectivity index (χ0) is 19.6. The van der Waals surface area contributed by atoms with Crippen LogP contribution in [0.3, 0.4) is 0 Å². The summed E-state index contributed by atoms with van der Waals surface area (Å²) in [5.74, 6) is -0.217. The number of hydrogen-bond donors (Lipinski definition) is 0. The van der Waals surface area contributed by atoms with Crippen LogP contribution in [0.15, 0.2) is 12.1 Å². The minimum Gasteiger partial charge on any atom is -0.342 e. The minimum atomic E-state index is -4.53. The molecule has 0 N–H and O–H groups in total. The molecule has 0 spiro atoms. The first-order valence-electron chi connectivity index (χ1n) is 9.40. The topological polar surface area (TPSA) is 53.5 Å². The maximum atomic E-state index is 12.7. The number of carbonyl (C=O) groups excluding carboxylic acids is 2. The molecule has 3 heterocycles. The van der Waals surface area contributed by atoms with Crippen molar-refractivity contribution in [2.24, 2.45) is 5.92 Å². The van der Waals surface area contributed by atoms with E-state index in [1.54, 1.807) is 4.90 Å². The molecule has 3 rings (SSSR count). The lowest BCUT2D eigenvalue weighted by atomic mass is 9.94. The van der Waals surface area contributed by atoms with Gasteiger partial charge in [0.1, 0.15) is 5.69 Å². The predicted octanol–water partition coefficient (Wildman–Crippen LogP) is 3.27. The van der Waals surface area contributed by atoms with Gasteiger partial charge >= 0.3 is 6.18 Å². The van der Waals surface area contributed by atoms with E-state index in [2.05, 4.69) is 4.98 Å². The lowest BCUT2D eigenvalue weighted by Gasteiger charge is -2.35. The van der Waals surface area contributed by atoms with E-state index in [1.807, 2.05) is 4.90 Å². The van der Waals surface area contributed by atoms with Crippen molar-refractivity contribution in [1.82, 2.24) is 14.8 Å². The Morgan fingerprint density at radius 1 is 1.00 bits per heavy atom. The number of rotatable bonds is 2. The van der Waals surface area contributed by atoms with Crippen LogP contribution in [0.25, 0.3) is 0 Å². The summed E-state index contributed by atoms with van der Waals surface area (Å²) in [5, 5.41) is 0. The molecule has 0 aliphatic carbocycles. The van der Waals surface area contributed by atoms with E-state index in [0.29, 0.717) is 25.9 Å². The van der Waals surface area contributed by atoms with Crippen molar-refractivity contribution in [1.29, 1.82) is 0 Å². The van der Waals surface area contributed by atoms with Crippen LogP contribution in [-0.2, 0) is 11.0 Å². The highest BCUT2D eigenvalue weighted by molar-refractivity contribution is 5.95. The van der Waals surface area contributed by atoms with Crippen molar-refractivity contribution in [3.8, 4) is 0 Å². The summed E-state index contributed by atoms with van der Waals surface area (Å²) in [4.78, 5) is 32.3. The molecule has 8 heteroatoms. The van der Waals surface area contributed by atoms with Crippen LogP contribution in [0.1, 0.15) is 53.8 Å². The Morgan fingerprint density at radius 2 is 1.63 bits per heavy atom. The Balaban J connectivity index is 1.61. The van der Waals surface area contributed by atoms with Gasteiger partial charge in [0.15, 0.2) is 0 Å². The van der Waals surface area contributed by atoms with Gasteiger partial charge in [0.2, 0.25) is 5.91 Å². The summed E-state index contributed by atoms with van der Waals surface area (Å²) in [5.41, 5.74) is -0.743. The van der Waals surface area contributed by atoms with Crippen molar-refractivity contribution in [3.05, 3.63) is 29.1 Å². The fourth-order valence-electron chi connectivity index (χ4n) is 3.82. The lowest BCUT2D eigenvalue weighted by Crippen LogP contribution is -2.45. The maximum absolute atomic E-state index is 12.7. The minimum absolute atomic E-state index is 0.0704. The van der Waals surface area contributed by atoms with Gasteiger partial charge in [0, 0.05) is 32.1 Å². The fraction of sp³-hybridized carbons (Fsp3) is 0.632. The average molecular weight is 383 g/mol. The Hall–Kier alpha value is -2.12. The van der Waals surface area contributed by atoms with Crippen molar-refractivity contribution in [2.45, 2.75) is 45.2 Å². The van der Waals surface area contributed by atoms with Gasteiger partial charge in [-0.25, -0.2) is 4.98 Å². The Kier molecular flexibility index (Phi) is 5.72. The first-order valence-corrected chi connectivity index (χ1v) is 9.40. The third kappa shape index (κ3) is 4.42. The highest BCUT2D eigenvalue weighted by Crippen LogP contribution is 2.29. The van der Waals surface area contributed by atoms with E-state index in [0.717, 1.165) is 38.4 Å². The molecule has 2 amide bonds. The smallest absolute Gasteiger partial charge is 0.342 e. The van der Waals surface area contributed by atoms with Crippen LogP contribution in [0, 0.1) is 12.8 Å². The molecule has 2 fully saturated rings. The van der Waals surface area contributed by atoms with Crippen LogP contribution in [0.2, 0.25) is 0 Å². The summed E-state index contributed by atoms with van der Waals surface area (Å²) >= 11 is 0. The van der Waals surface area contributed by atoms with Gasteiger partial charge in [0.05, 0.1) is 11.3 Å². The van der Waals surface area contributed by atoms with Crippen LogP contribution in [0.5, 0.6) is 0 Å². The Labute approximate surface area is 156 Å². The van der Waals surface area contributed by atoms with E-state index >= 15 is 0 Å². The van der Waals surface area contributed by atoms with Crippen molar-refractivity contribution < 1.29 is 22.8 Å². The number of pyridine rings is 1. The predicted molar refractivity (Wildman–Crippen MR) is 93.0 cm³/mol. The van der Waals surface area contributed by atoms with E-state index in [4.69, 9.17) is 0 Å². The molecule has 0 atom stereocenters. The summed E-state index contributed by atoms with van der Waals surface area (Å²) < 4.78 is 38.2. The standard InChI is InChI=1S/C19H24F3N3O2/c1-13-15(5-6-16(23-13)19(20,21)22)18(27)25-11-7-14(8-12-25)17(26)24-9-3-2-4-10-24/h5-6,14H,2-4,7-12H2,1H3. The molecule has 0 aromatic carbocycles. The number of nitrogens with zero attached hydrogens (tertiary/aromatic N) is 3. The number of amides is 2.